The van der Waals surface area contributed by atoms with Crippen LogP contribution in [0.15, 0.2) is 35.1 Å². The SMILES string of the molecule is CCc1nc(C)cc(=O)n1CCOc1ccc(CC2SC(=O)NC2=O)cc1. The number of amides is 2. The van der Waals surface area contributed by atoms with Crippen LogP contribution < -0.4 is 15.6 Å². The average molecular weight is 387 g/mol. The molecule has 0 radical (unpaired) electrons. The van der Waals surface area contributed by atoms with E-state index in [1.807, 2.05) is 38.1 Å². The maximum absolute atomic E-state index is 12.1. The van der Waals surface area contributed by atoms with Crippen LogP contribution in [0.5, 0.6) is 5.75 Å². The van der Waals surface area contributed by atoms with Gasteiger partial charge in [-0.2, -0.15) is 0 Å². The van der Waals surface area contributed by atoms with E-state index in [2.05, 4.69) is 10.3 Å². The van der Waals surface area contributed by atoms with E-state index >= 15 is 0 Å². The van der Waals surface area contributed by atoms with Crippen molar-refractivity contribution in [3.8, 4) is 5.75 Å². The van der Waals surface area contributed by atoms with Gasteiger partial charge < -0.3 is 4.74 Å². The molecule has 1 aromatic carbocycles. The molecule has 1 unspecified atom stereocenters. The molecule has 1 aliphatic heterocycles. The number of aromatic nitrogens is 2. The third-order valence-electron chi connectivity index (χ3n) is 4.23. The normalized spacial score (nSPS) is 16.4. The van der Waals surface area contributed by atoms with Crippen LogP contribution in [0.1, 0.15) is 24.0 Å². The van der Waals surface area contributed by atoms with Gasteiger partial charge in [0.15, 0.2) is 0 Å². The number of carbonyl (C=O) groups excluding carboxylic acids is 2. The number of thioether (sulfide) groups is 1. The topological polar surface area (TPSA) is 90.3 Å². The fourth-order valence-corrected chi connectivity index (χ4v) is 3.77. The molecule has 142 valence electrons. The van der Waals surface area contributed by atoms with Crippen molar-refractivity contribution in [3.05, 3.63) is 57.8 Å². The van der Waals surface area contributed by atoms with Gasteiger partial charge in [-0.25, -0.2) is 4.98 Å². The minimum absolute atomic E-state index is 0.0693. The number of ether oxygens (including phenoxy) is 1. The Morgan fingerprint density at radius 1 is 1.22 bits per heavy atom. The molecule has 3 rings (SSSR count). The largest absolute Gasteiger partial charge is 0.492 e. The highest BCUT2D eigenvalue weighted by Crippen LogP contribution is 2.23. The van der Waals surface area contributed by atoms with E-state index in [9.17, 15) is 14.4 Å². The molecule has 0 bridgehead atoms. The fourth-order valence-electron chi connectivity index (χ4n) is 2.91. The Morgan fingerprint density at radius 2 is 1.96 bits per heavy atom. The quantitative estimate of drug-likeness (QED) is 0.782. The summed E-state index contributed by atoms with van der Waals surface area (Å²) in [5.41, 5.74) is 1.61. The van der Waals surface area contributed by atoms with E-state index in [4.69, 9.17) is 4.74 Å². The molecule has 1 N–H and O–H groups in total. The number of benzene rings is 1. The predicted octanol–water partition coefficient (Wildman–Crippen LogP) is 2.09. The van der Waals surface area contributed by atoms with Crippen molar-refractivity contribution in [1.29, 1.82) is 0 Å². The van der Waals surface area contributed by atoms with Gasteiger partial charge in [0.25, 0.3) is 10.8 Å². The third kappa shape index (κ3) is 4.77. The van der Waals surface area contributed by atoms with Gasteiger partial charge in [-0.15, -0.1) is 0 Å². The van der Waals surface area contributed by atoms with Crippen LogP contribution in [0.2, 0.25) is 0 Å². The van der Waals surface area contributed by atoms with Crippen LogP contribution in [-0.4, -0.2) is 32.6 Å². The maximum atomic E-state index is 12.1. The zero-order valence-electron chi connectivity index (χ0n) is 15.2. The molecule has 0 spiro atoms. The number of rotatable bonds is 7. The number of nitrogens with zero attached hydrogens (tertiary/aromatic N) is 2. The maximum Gasteiger partial charge on any atom is 0.286 e. The molecule has 1 aromatic heterocycles. The minimum atomic E-state index is -0.377. The van der Waals surface area contributed by atoms with Gasteiger partial charge in [0.1, 0.15) is 18.2 Å². The minimum Gasteiger partial charge on any atom is -0.492 e. The molecule has 7 nitrogen and oxygen atoms in total. The second kappa shape index (κ2) is 8.39. The van der Waals surface area contributed by atoms with Crippen molar-refractivity contribution in [3.63, 3.8) is 0 Å². The van der Waals surface area contributed by atoms with E-state index in [0.29, 0.717) is 31.7 Å². The predicted molar refractivity (Wildman–Crippen MR) is 103 cm³/mol. The lowest BCUT2D eigenvalue weighted by atomic mass is 10.1. The third-order valence-corrected chi connectivity index (χ3v) is 5.21. The number of nitrogens with one attached hydrogen (secondary N) is 1. The summed E-state index contributed by atoms with van der Waals surface area (Å²) in [7, 11) is 0. The molecule has 2 aromatic rings. The highest BCUT2D eigenvalue weighted by molar-refractivity contribution is 8.15. The lowest BCUT2D eigenvalue weighted by Crippen LogP contribution is -2.27. The van der Waals surface area contributed by atoms with Gasteiger partial charge in [-0.1, -0.05) is 30.8 Å². The van der Waals surface area contributed by atoms with Crippen LogP contribution in [0.4, 0.5) is 4.79 Å². The number of imide groups is 1. The van der Waals surface area contributed by atoms with E-state index in [1.165, 1.54) is 6.07 Å². The highest BCUT2D eigenvalue weighted by atomic mass is 32.2. The van der Waals surface area contributed by atoms with Crippen molar-refractivity contribution in [2.45, 2.75) is 38.5 Å². The van der Waals surface area contributed by atoms with Gasteiger partial charge >= 0.3 is 0 Å². The first kappa shape index (κ1) is 19.2. The molecule has 1 saturated heterocycles. The summed E-state index contributed by atoms with van der Waals surface area (Å²) in [6.45, 7) is 4.56. The standard InChI is InChI=1S/C19H21N3O4S/c1-3-16-20-12(2)10-17(23)22(16)8-9-26-14-6-4-13(5-7-14)11-15-18(24)21-19(25)27-15/h4-7,10,15H,3,8-9,11H2,1-2H3,(H,21,24,25). The van der Waals surface area contributed by atoms with Gasteiger partial charge in [0, 0.05) is 18.2 Å². The first-order valence-electron chi connectivity index (χ1n) is 8.77. The van der Waals surface area contributed by atoms with E-state index < -0.39 is 0 Å². The molecule has 1 atom stereocenters. The zero-order chi connectivity index (χ0) is 19.4. The monoisotopic (exact) mass is 387 g/mol. The van der Waals surface area contributed by atoms with Crippen LogP contribution in [0.3, 0.4) is 0 Å². The van der Waals surface area contributed by atoms with Crippen LogP contribution in [0, 0.1) is 6.92 Å². The van der Waals surface area contributed by atoms with E-state index in [0.717, 1.165) is 28.8 Å². The summed E-state index contributed by atoms with van der Waals surface area (Å²) in [6, 6.07) is 8.93. The molecule has 27 heavy (non-hydrogen) atoms. The van der Waals surface area contributed by atoms with E-state index in [1.54, 1.807) is 4.57 Å². The Hall–Kier alpha value is -2.61. The highest BCUT2D eigenvalue weighted by Gasteiger charge is 2.31. The Labute approximate surface area is 161 Å². The molecular weight excluding hydrogens is 366 g/mol. The first-order valence-corrected chi connectivity index (χ1v) is 9.65. The fraction of sp³-hybridized carbons (Fsp3) is 0.368. The number of hydrogen-bond donors (Lipinski definition) is 1. The second-order valence-electron chi connectivity index (χ2n) is 6.24. The summed E-state index contributed by atoms with van der Waals surface area (Å²) in [5.74, 6) is 1.19. The molecule has 1 fully saturated rings. The van der Waals surface area contributed by atoms with Gasteiger partial charge in [-0.3, -0.25) is 24.3 Å². The molecular formula is C19H21N3O4S. The molecule has 8 heteroatoms. The lowest BCUT2D eigenvalue weighted by Gasteiger charge is -2.12. The Morgan fingerprint density at radius 3 is 2.59 bits per heavy atom. The van der Waals surface area contributed by atoms with Crippen molar-refractivity contribution < 1.29 is 14.3 Å². The summed E-state index contributed by atoms with van der Waals surface area (Å²) >= 11 is 1.02. The Kier molecular flexibility index (Phi) is 5.95. The first-order chi connectivity index (χ1) is 13.0. The molecule has 1 aliphatic rings. The van der Waals surface area contributed by atoms with Crippen LogP contribution in [-0.2, 0) is 24.2 Å². The lowest BCUT2D eigenvalue weighted by molar-refractivity contribution is -0.118. The molecule has 0 saturated carbocycles. The summed E-state index contributed by atoms with van der Waals surface area (Å²) in [6.07, 6.45) is 1.17. The van der Waals surface area contributed by atoms with Gasteiger partial charge in [0.05, 0.1) is 11.8 Å². The van der Waals surface area contributed by atoms with Crippen molar-refractivity contribution >= 4 is 22.9 Å². The zero-order valence-corrected chi connectivity index (χ0v) is 16.0. The Bertz CT molecular complexity index is 908. The van der Waals surface area contributed by atoms with Crippen LogP contribution in [0.25, 0.3) is 0 Å². The van der Waals surface area contributed by atoms with Gasteiger partial charge in [-0.05, 0) is 31.0 Å². The van der Waals surface area contributed by atoms with Crippen molar-refractivity contribution in [1.82, 2.24) is 14.9 Å². The summed E-state index contributed by atoms with van der Waals surface area (Å²) in [4.78, 5) is 39.4. The number of carbonyl (C=O) groups is 2. The van der Waals surface area contributed by atoms with Crippen molar-refractivity contribution in [2.75, 3.05) is 6.61 Å². The Balaban J connectivity index is 1.56. The molecule has 0 aliphatic carbocycles. The molecule has 2 amide bonds. The summed E-state index contributed by atoms with van der Waals surface area (Å²) < 4.78 is 7.36. The van der Waals surface area contributed by atoms with E-state index in [-0.39, 0.29) is 22.0 Å². The molecule has 2 heterocycles. The number of aryl methyl sites for hydroxylation is 2. The van der Waals surface area contributed by atoms with Crippen molar-refractivity contribution in [2.24, 2.45) is 0 Å². The smallest absolute Gasteiger partial charge is 0.286 e. The number of hydrogen-bond acceptors (Lipinski definition) is 6. The summed E-state index contributed by atoms with van der Waals surface area (Å²) in [5, 5.41) is 1.62. The van der Waals surface area contributed by atoms with Crippen LogP contribution >= 0.6 is 11.8 Å². The van der Waals surface area contributed by atoms with Gasteiger partial charge in [0.2, 0.25) is 5.91 Å². The second-order valence-corrected chi connectivity index (χ2v) is 7.41. The average Bonchev–Trinajstić information content (AvgIpc) is 2.95.